The number of benzene rings is 1. The lowest BCUT2D eigenvalue weighted by molar-refractivity contribution is 0.0197. The molecule has 1 aliphatic rings. The fourth-order valence-corrected chi connectivity index (χ4v) is 3.23. The van der Waals surface area contributed by atoms with Crippen LogP contribution in [0.2, 0.25) is 0 Å². The first-order valence-corrected chi connectivity index (χ1v) is 7.40. The van der Waals surface area contributed by atoms with Crippen molar-refractivity contribution >= 4 is 34.0 Å². The molecule has 100 valence electrons. The molecule has 3 rings (SSSR count). The molecule has 1 fully saturated rings. The van der Waals surface area contributed by atoms with Crippen molar-refractivity contribution in [3.8, 4) is 0 Å². The second kappa shape index (κ2) is 4.89. The third-order valence-corrected chi connectivity index (χ3v) is 4.88. The number of fused-ring (bicyclic) bond motifs is 1. The van der Waals surface area contributed by atoms with Crippen LogP contribution in [0.3, 0.4) is 0 Å². The van der Waals surface area contributed by atoms with Crippen LogP contribution in [0.25, 0.3) is 10.1 Å². The van der Waals surface area contributed by atoms with Gasteiger partial charge in [-0.3, -0.25) is 0 Å². The van der Waals surface area contributed by atoms with Gasteiger partial charge in [-0.2, -0.15) is 0 Å². The van der Waals surface area contributed by atoms with Crippen LogP contribution in [-0.4, -0.2) is 20.3 Å². The Hall–Kier alpha value is -0.905. The molecule has 1 aromatic heterocycles. The lowest BCUT2D eigenvalue weighted by Crippen LogP contribution is -2.48. The van der Waals surface area contributed by atoms with Crippen molar-refractivity contribution in [2.75, 3.05) is 13.2 Å². The summed E-state index contributed by atoms with van der Waals surface area (Å²) < 4.78 is 26.0. The van der Waals surface area contributed by atoms with Crippen LogP contribution in [0.5, 0.6) is 0 Å². The van der Waals surface area contributed by atoms with Gasteiger partial charge in [-0.15, -0.1) is 11.3 Å². The number of halogens is 1. The lowest BCUT2D eigenvalue weighted by Gasteiger charge is -2.35. The molecule has 0 N–H and O–H groups in total. The molecule has 0 radical (unpaired) electrons. The molecular weight excluding hydrogens is 262 g/mol. The van der Waals surface area contributed by atoms with E-state index in [2.05, 4.69) is 13.8 Å². The van der Waals surface area contributed by atoms with E-state index in [1.54, 1.807) is 6.07 Å². The summed E-state index contributed by atoms with van der Waals surface area (Å²) >= 11 is 1.40. The van der Waals surface area contributed by atoms with Gasteiger partial charge in [0.25, 0.3) is 0 Å². The Morgan fingerprint density at radius 2 is 2.11 bits per heavy atom. The first-order valence-electron chi connectivity index (χ1n) is 6.52. The highest BCUT2D eigenvalue weighted by atomic mass is 32.1. The predicted molar refractivity (Wildman–Crippen MR) is 77.5 cm³/mol. The van der Waals surface area contributed by atoms with Crippen molar-refractivity contribution in [2.45, 2.75) is 20.3 Å². The summed E-state index contributed by atoms with van der Waals surface area (Å²) in [7, 11) is -0.366. The average molecular weight is 278 g/mol. The summed E-state index contributed by atoms with van der Waals surface area (Å²) in [5.41, 5.74) is 1.03. The van der Waals surface area contributed by atoms with Crippen LogP contribution in [0.4, 0.5) is 4.39 Å². The smallest absolute Gasteiger partial charge is 0.407 e. The van der Waals surface area contributed by atoms with Gasteiger partial charge in [-0.1, -0.05) is 26.0 Å². The van der Waals surface area contributed by atoms with Crippen molar-refractivity contribution < 1.29 is 13.7 Å². The maximum atomic E-state index is 13.7. The fourth-order valence-electron chi connectivity index (χ4n) is 2.25. The molecule has 0 amide bonds. The third-order valence-electron chi connectivity index (χ3n) is 3.86. The van der Waals surface area contributed by atoms with E-state index in [4.69, 9.17) is 9.31 Å². The molecule has 2 heterocycles. The van der Waals surface area contributed by atoms with E-state index in [0.29, 0.717) is 17.9 Å². The van der Waals surface area contributed by atoms with Crippen LogP contribution >= 0.6 is 11.3 Å². The van der Waals surface area contributed by atoms with Crippen molar-refractivity contribution in [3.63, 3.8) is 0 Å². The van der Waals surface area contributed by atoms with Crippen molar-refractivity contribution in [1.82, 2.24) is 0 Å². The highest BCUT2D eigenvalue weighted by Crippen LogP contribution is 2.28. The third kappa shape index (κ3) is 2.31. The van der Waals surface area contributed by atoms with E-state index in [-0.39, 0.29) is 18.4 Å². The second-order valence-corrected chi connectivity index (χ2v) is 6.31. The van der Waals surface area contributed by atoms with Gasteiger partial charge in [0, 0.05) is 24.1 Å². The molecule has 0 saturated carbocycles. The van der Waals surface area contributed by atoms with E-state index < -0.39 is 0 Å². The van der Waals surface area contributed by atoms with Gasteiger partial charge in [0.1, 0.15) is 5.82 Å². The molecule has 0 aliphatic carbocycles. The second-order valence-electron chi connectivity index (χ2n) is 5.43. The molecule has 1 aromatic carbocycles. The number of thiophene rings is 1. The molecule has 19 heavy (non-hydrogen) atoms. The fraction of sp³-hybridized carbons (Fsp3) is 0.429. The first kappa shape index (κ1) is 13.1. The van der Waals surface area contributed by atoms with E-state index in [1.807, 2.05) is 11.4 Å². The Balaban J connectivity index is 1.88. The molecule has 2 aromatic rings. The van der Waals surface area contributed by atoms with Crippen molar-refractivity contribution in [1.29, 1.82) is 0 Å². The number of hydrogen-bond donors (Lipinski definition) is 0. The summed E-state index contributed by atoms with van der Waals surface area (Å²) in [6, 6.07) is 5.14. The zero-order chi connectivity index (χ0) is 13.5. The molecule has 0 bridgehead atoms. The molecule has 0 atom stereocenters. The summed E-state index contributed by atoms with van der Waals surface area (Å²) in [6.45, 7) is 5.67. The van der Waals surface area contributed by atoms with Crippen molar-refractivity contribution in [3.05, 3.63) is 29.4 Å². The minimum Gasteiger partial charge on any atom is -0.407 e. The standard InChI is InChI=1S/C14H16BFO2S/c1-3-14(2)8-17-15(18-9-14)11-7-19-13-10(11)5-4-6-12(13)16/h4-7H,3,8-9H2,1-2H3. The lowest BCUT2D eigenvalue weighted by atomic mass is 9.75. The minimum atomic E-state index is -0.366. The van der Waals surface area contributed by atoms with Gasteiger partial charge in [0.2, 0.25) is 0 Å². The Labute approximate surface area is 116 Å². The zero-order valence-electron chi connectivity index (χ0n) is 11.1. The Morgan fingerprint density at radius 1 is 1.37 bits per heavy atom. The highest BCUT2D eigenvalue weighted by Gasteiger charge is 2.36. The molecule has 1 aliphatic heterocycles. The first-order chi connectivity index (χ1) is 9.13. The van der Waals surface area contributed by atoms with Gasteiger partial charge in [0.05, 0.1) is 4.70 Å². The summed E-state index contributed by atoms with van der Waals surface area (Å²) in [6.07, 6.45) is 1.03. The van der Waals surface area contributed by atoms with Crippen LogP contribution in [0.15, 0.2) is 23.6 Å². The average Bonchev–Trinajstić information content (AvgIpc) is 2.85. The molecule has 1 saturated heterocycles. The molecule has 5 heteroatoms. The van der Waals surface area contributed by atoms with Crippen LogP contribution in [0.1, 0.15) is 20.3 Å². The quantitative estimate of drug-likeness (QED) is 0.785. The van der Waals surface area contributed by atoms with Crippen molar-refractivity contribution in [2.24, 2.45) is 5.41 Å². The molecule has 0 unspecified atom stereocenters. The summed E-state index contributed by atoms with van der Waals surface area (Å²) in [5.74, 6) is -0.178. The number of rotatable bonds is 2. The zero-order valence-corrected chi connectivity index (χ0v) is 11.9. The van der Waals surface area contributed by atoms with Gasteiger partial charge < -0.3 is 9.31 Å². The van der Waals surface area contributed by atoms with Gasteiger partial charge in [0.15, 0.2) is 0 Å². The monoisotopic (exact) mass is 278 g/mol. The molecular formula is C14H16BFO2S. The van der Waals surface area contributed by atoms with Crippen LogP contribution < -0.4 is 5.46 Å². The van der Waals surface area contributed by atoms with E-state index in [1.165, 1.54) is 17.4 Å². The van der Waals surface area contributed by atoms with E-state index in [0.717, 1.165) is 17.3 Å². The molecule has 0 spiro atoms. The molecule has 2 nitrogen and oxygen atoms in total. The van der Waals surface area contributed by atoms with E-state index >= 15 is 0 Å². The normalized spacial score (nSPS) is 19.0. The van der Waals surface area contributed by atoms with E-state index in [9.17, 15) is 4.39 Å². The van der Waals surface area contributed by atoms with Gasteiger partial charge in [-0.25, -0.2) is 4.39 Å². The predicted octanol–water partition coefficient (Wildman–Crippen LogP) is 3.20. The summed E-state index contributed by atoms with van der Waals surface area (Å²) in [4.78, 5) is 0. The highest BCUT2D eigenvalue weighted by molar-refractivity contribution is 7.18. The van der Waals surface area contributed by atoms with Gasteiger partial charge in [-0.05, 0) is 23.3 Å². The maximum Gasteiger partial charge on any atom is 0.495 e. The Morgan fingerprint density at radius 3 is 2.79 bits per heavy atom. The van der Waals surface area contributed by atoms with Gasteiger partial charge >= 0.3 is 7.12 Å². The Kier molecular flexibility index (Phi) is 3.37. The maximum absolute atomic E-state index is 13.7. The number of hydrogen-bond acceptors (Lipinski definition) is 3. The summed E-state index contributed by atoms with van der Waals surface area (Å²) in [5, 5.41) is 2.84. The SMILES string of the molecule is CCC1(C)COB(c2csc3c(F)cccc23)OC1. The topological polar surface area (TPSA) is 18.5 Å². The van der Waals surface area contributed by atoms with Crippen LogP contribution in [-0.2, 0) is 9.31 Å². The Bertz CT molecular complexity index is 590. The largest absolute Gasteiger partial charge is 0.495 e. The van der Waals surface area contributed by atoms with Crippen LogP contribution in [0, 0.1) is 11.2 Å². The minimum absolute atomic E-state index is 0.0908.